The van der Waals surface area contributed by atoms with Crippen LogP contribution in [0.3, 0.4) is 0 Å². The van der Waals surface area contributed by atoms with Gasteiger partial charge in [0.1, 0.15) is 11.4 Å². The lowest BCUT2D eigenvalue weighted by molar-refractivity contribution is 0.463. The van der Waals surface area contributed by atoms with E-state index in [1.165, 1.54) is 0 Å². The van der Waals surface area contributed by atoms with E-state index < -0.39 is 0 Å². The fraction of sp³-hybridized carbons (Fsp3) is 0.0455. The first-order valence-corrected chi connectivity index (χ1v) is 8.38. The summed E-state index contributed by atoms with van der Waals surface area (Å²) in [6.07, 6.45) is 1.73. The maximum absolute atomic E-state index is 5.97. The van der Waals surface area contributed by atoms with Crippen molar-refractivity contribution in [1.29, 1.82) is 0 Å². The number of aryl methyl sites for hydroxylation is 1. The van der Waals surface area contributed by atoms with Gasteiger partial charge in [-0.3, -0.25) is 0 Å². The third-order valence-corrected chi connectivity index (χ3v) is 3.91. The Bertz CT molecular complexity index is 1030. The number of hydrogen-bond donors (Lipinski definition) is 0. The van der Waals surface area contributed by atoms with Gasteiger partial charge in [-0.2, -0.15) is 0 Å². The highest BCUT2D eigenvalue weighted by Crippen LogP contribution is 2.27. The van der Waals surface area contributed by atoms with Crippen LogP contribution in [0.15, 0.2) is 85.1 Å². The van der Waals surface area contributed by atoms with Gasteiger partial charge in [0.25, 0.3) is 0 Å². The standard InChI is InChI=1S/C22H17N3O/c1-16-13-14-23-22(24-16)20-11-6-12-21(25-20)26-19-10-5-9-18(15-19)17-7-3-2-4-8-17/h2-15H,1H3. The molecule has 0 spiro atoms. The van der Waals surface area contributed by atoms with Crippen molar-refractivity contribution in [1.82, 2.24) is 15.0 Å². The first-order valence-electron chi connectivity index (χ1n) is 8.38. The highest BCUT2D eigenvalue weighted by Gasteiger charge is 2.06. The SMILES string of the molecule is Cc1ccnc(-c2cccc(Oc3cccc(-c4ccccc4)c3)n2)n1. The van der Waals surface area contributed by atoms with Gasteiger partial charge in [0.15, 0.2) is 5.82 Å². The lowest BCUT2D eigenvalue weighted by atomic mass is 10.1. The first-order chi connectivity index (χ1) is 12.8. The second kappa shape index (κ2) is 7.15. The lowest BCUT2D eigenvalue weighted by Gasteiger charge is -2.08. The van der Waals surface area contributed by atoms with E-state index in [1.54, 1.807) is 6.20 Å². The van der Waals surface area contributed by atoms with Crippen LogP contribution in [-0.2, 0) is 0 Å². The van der Waals surface area contributed by atoms with Crippen LogP contribution in [0.2, 0.25) is 0 Å². The fourth-order valence-corrected chi connectivity index (χ4v) is 2.66. The zero-order chi connectivity index (χ0) is 17.8. The molecule has 0 fully saturated rings. The average molecular weight is 339 g/mol. The van der Waals surface area contributed by atoms with E-state index in [2.05, 4.69) is 33.2 Å². The van der Waals surface area contributed by atoms with Crippen LogP contribution in [0.25, 0.3) is 22.6 Å². The van der Waals surface area contributed by atoms with Gasteiger partial charge in [0, 0.05) is 18.0 Å². The normalized spacial score (nSPS) is 10.5. The van der Waals surface area contributed by atoms with Crippen molar-refractivity contribution in [3.05, 3.63) is 90.8 Å². The van der Waals surface area contributed by atoms with Crippen molar-refractivity contribution in [3.8, 4) is 34.3 Å². The van der Waals surface area contributed by atoms with Crippen LogP contribution >= 0.6 is 0 Å². The monoisotopic (exact) mass is 339 g/mol. The molecule has 0 unspecified atom stereocenters. The number of rotatable bonds is 4. The van der Waals surface area contributed by atoms with Crippen molar-refractivity contribution in [3.63, 3.8) is 0 Å². The molecular weight excluding hydrogens is 322 g/mol. The van der Waals surface area contributed by atoms with Crippen molar-refractivity contribution < 1.29 is 4.74 Å². The van der Waals surface area contributed by atoms with Gasteiger partial charge in [-0.25, -0.2) is 15.0 Å². The van der Waals surface area contributed by atoms with E-state index >= 15 is 0 Å². The Morgan fingerprint density at radius 2 is 1.54 bits per heavy atom. The summed E-state index contributed by atoms with van der Waals surface area (Å²) in [4.78, 5) is 13.2. The van der Waals surface area contributed by atoms with Crippen LogP contribution in [0.1, 0.15) is 5.69 Å². The zero-order valence-corrected chi connectivity index (χ0v) is 14.3. The molecule has 0 radical (unpaired) electrons. The number of hydrogen-bond acceptors (Lipinski definition) is 4. The molecule has 0 amide bonds. The molecule has 0 bridgehead atoms. The molecule has 0 aliphatic rings. The number of benzene rings is 2. The lowest BCUT2D eigenvalue weighted by Crippen LogP contribution is -1.95. The van der Waals surface area contributed by atoms with E-state index in [1.807, 2.05) is 67.6 Å². The third-order valence-electron chi connectivity index (χ3n) is 3.91. The van der Waals surface area contributed by atoms with Gasteiger partial charge in [0.2, 0.25) is 5.88 Å². The number of nitrogens with zero attached hydrogens (tertiary/aromatic N) is 3. The van der Waals surface area contributed by atoms with Gasteiger partial charge in [-0.1, -0.05) is 48.5 Å². The van der Waals surface area contributed by atoms with Crippen LogP contribution < -0.4 is 4.74 Å². The molecular formula is C22H17N3O. The molecule has 2 aromatic heterocycles. The molecule has 0 aliphatic carbocycles. The summed E-state index contributed by atoms with van der Waals surface area (Å²) in [7, 11) is 0. The van der Waals surface area contributed by atoms with Crippen LogP contribution in [0, 0.1) is 6.92 Å². The Hall–Kier alpha value is -3.53. The molecule has 126 valence electrons. The van der Waals surface area contributed by atoms with E-state index in [9.17, 15) is 0 Å². The molecule has 4 rings (SSSR count). The van der Waals surface area contributed by atoms with Crippen LogP contribution in [0.5, 0.6) is 11.6 Å². The molecule has 26 heavy (non-hydrogen) atoms. The molecule has 2 aromatic carbocycles. The molecule has 4 nitrogen and oxygen atoms in total. The van der Waals surface area contributed by atoms with E-state index in [0.29, 0.717) is 17.4 Å². The molecule has 0 atom stereocenters. The minimum absolute atomic E-state index is 0.512. The highest BCUT2D eigenvalue weighted by molar-refractivity contribution is 5.65. The molecule has 4 heteroatoms. The summed E-state index contributed by atoms with van der Waals surface area (Å²) in [5.41, 5.74) is 3.83. The molecule has 0 aliphatic heterocycles. The van der Waals surface area contributed by atoms with Crippen molar-refractivity contribution >= 4 is 0 Å². The molecule has 4 aromatic rings. The number of pyridine rings is 1. The smallest absolute Gasteiger partial charge is 0.219 e. The Morgan fingerprint density at radius 1 is 0.731 bits per heavy atom. The average Bonchev–Trinajstić information content (AvgIpc) is 2.69. The van der Waals surface area contributed by atoms with E-state index in [4.69, 9.17) is 4.74 Å². The van der Waals surface area contributed by atoms with E-state index in [-0.39, 0.29) is 0 Å². The Labute approximate surface area is 152 Å². The summed E-state index contributed by atoms with van der Waals surface area (Å²) in [5, 5.41) is 0. The number of aromatic nitrogens is 3. The Morgan fingerprint density at radius 3 is 2.38 bits per heavy atom. The minimum atomic E-state index is 0.512. The van der Waals surface area contributed by atoms with Crippen LogP contribution in [-0.4, -0.2) is 15.0 Å². The van der Waals surface area contributed by atoms with E-state index in [0.717, 1.165) is 22.6 Å². The minimum Gasteiger partial charge on any atom is -0.439 e. The highest BCUT2D eigenvalue weighted by atomic mass is 16.5. The third kappa shape index (κ3) is 3.59. The topological polar surface area (TPSA) is 47.9 Å². The summed E-state index contributed by atoms with van der Waals surface area (Å²) in [5.74, 6) is 1.84. The summed E-state index contributed by atoms with van der Waals surface area (Å²) < 4.78 is 5.97. The van der Waals surface area contributed by atoms with Crippen molar-refractivity contribution in [2.24, 2.45) is 0 Å². The predicted molar refractivity (Wildman–Crippen MR) is 102 cm³/mol. The second-order valence-corrected chi connectivity index (χ2v) is 5.88. The second-order valence-electron chi connectivity index (χ2n) is 5.88. The Balaban J connectivity index is 1.61. The first kappa shape index (κ1) is 16.0. The summed E-state index contributed by atoms with van der Waals surface area (Å²) >= 11 is 0. The van der Waals surface area contributed by atoms with Gasteiger partial charge < -0.3 is 4.74 Å². The largest absolute Gasteiger partial charge is 0.439 e. The maximum Gasteiger partial charge on any atom is 0.219 e. The quantitative estimate of drug-likeness (QED) is 0.506. The molecule has 2 heterocycles. The molecule has 0 N–H and O–H groups in total. The van der Waals surface area contributed by atoms with Crippen molar-refractivity contribution in [2.45, 2.75) is 6.92 Å². The van der Waals surface area contributed by atoms with Crippen molar-refractivity contribution in [2.75, 3.05) is 0 Å². The van der Waals surface area contributed by atoms with Gasteiger partial charge in [0.05, 0.1) is 0 Å². The number of ether oxygens (including phenoxy) is 1. The summed E-state index contributed by atoms with van der Waals surface area (Å²) in [6.45, 7) is 1.93. The summed E-state index contributed by atoms with van der Waals surface area (Å²) in [6, 6.07) is 25.6. The maximum atomic E-state index is 5.97. The van der Waals surface area contributed by atoms with Crippen LogP contribution in [0.4, 0.5) is 0 Å². The fourth-order valence-electron chi connectivity index (χ4n) is 2.66. The molecule has 0 saturated heterocycles. The molecule has 0 saturated carbocycles. The van der Waals surface area contributed by atoms with Gasteiger partial charge in [-0.05, 0) is 42.3 Å². The zero-order valence-electron chi connectivity index (χ0n) is 14.3. The van der Waals surface area contributed by atoms with Gasteiger partial charge in [-0.15, -0.1) is 0 Å². The Kier molecular flexibility index (Phi) is 4.39. The van der Waals surface area contributed by atoms with Gasteiger partial charge >= 0.3 is 0 Å². The predicted octanol–water partition coefficient (Wildman–Crippen LogP) is 5.31.